The number of piperazine rings is 1. The SMILES string of the molecule is Cc1ccc(N2CC(C(=O)Nc3ccc(S(=O)(=O)N4CCN(C)CC4)cc3)CC2=O)cc1. The molecule has 0 bridgehead atoms. The minimum Gasteiger partial charge on any atom is -0.326 e. The molecule has 2 heterocycles. The molecule has 2 fully saturated rings. The topological polar surface area (TPSA) is 90.0 Å². The summed E-state index contributed by atoms with van der Waals surface area (Å²) in [5.41, 5.74) is 2.40. The van der Waals surface area contributed by atoms with Gasteiger partial charge in [-0.05, 0) is 50.4 Å². The van der Waals surface area contributed by atoms with E-state index in [1.807, 2.05) is 38.2 Å². The zero-order chi connectivity index (χ0) is 22.9. The highest BCUT2D eigenvalue weighted by atomic mass is 32.2. The minimum absolute atomic E-state index is 0.0809. The normalized spacial score (nSPS) is 20.5. The van der Waals surface area contributed by atoms with Crippen LogP contribution in [0, 0.1) is 12.8 Å². The Bertz CT molecular complexity index is 1090. The Labute approximate surface area is 188 Å². The number of aryl methyl sites for hydroxylation is 1. The van der Waals surface area contributed by atoms with Crippen molar-refractivity contribution in [1.29, 1.82) is 0 Å². The lowest BCUT2D eigenvalue weighted by molar-refractivity contribution is -0.122. The largest absolute Gasteiger partial charge is 0.326 e. The summed E-state index contributed by atoms with van der Waals surface area (Å²) >= 11 is 0. The van der Waals surface area contributed by atoms with Gasteiger partial charge in [0.15, 0.2) is 0 Å². The van der Waals surface area contributed by atoms with Gasteiger partial charge in [0.1, 0.15) is 0 Å². The number of rotatable bonds is 5. The van der Waals surface area contributed by atoms with Gasteiger partial charge in [-0.15, -0.1) is 0 Å². The average Bonchev–Trinajstić information content (AvgIpc) is 3.17. The summed E-state index contributed by atoms with van der Waals surface area (Å²) in [5, 5.41) is 2.82. The molecule has 0 aliphatic carbocycles. The molecule has 2 saturated heterocycles. The third-order valence-corrected chi connectivity index (χ3v) is 7.98. The minimum atomic E-state index is -3.55. The highest BCUT2D eigenvalue weighted by molar-refractivity contribution is 7.89. The van der Waals surface area contributed by atoms with Crippen molar-refractivity contribution in [2.75, 3.05) is 50.0 Å². The highest BCUT2D eigenvalue weighted by Gasteiger charge is 2.35. The maximum Gasteiger partial charge on any atom is 0.243 e. The van der Waals surface area contributed by atoms with Gasteiger partial charge in [0.2, 0.25) is 21.8 Å². The second kappa shape index (κ2) is 9.01. The predicted octanol–water partition coefficient (Wildman–Crippen LogP) is 1.92. The van der Waals surface area contributed by atoms with E-state index in [9.17, 15) is 18.0 Å². The van der Waals surface area contributed by atoms with Gasteiger partial charge in [0, 0.05) is 50.5 Å². The fourth-order valence-electron chi connectivity index (χ4n) is 3.99. The number of nitrogens with zero attached hydrogens (tertiary/aromatic N) is 3. The summed E-state index contributed by atoms with van der Waals surface area (Å²) in [7, 11) is -1.58. The van der Waals surface area contributed by atoms with Gasteiger partial charge in [-0.2, -0.15) is 4.31 Å². The van der Waals surface area contributed by atoms with Crippen LogP contribution >= 0.6 is 0 Å². The molecule has 0 spiro atoms. The van der Waals surface area contributed by atoms with Crippen LogP contribution < -0.4 is 10.2 Å². The number of benzene rings is 2. The maximum atomic E-state index is 12.8. The lowest BCUT2D eigenvalue weighted by Gasteiger charge is -2.31. The van der Waals surface area contributed by atoms with E-state index in [0.29, 0.717) is 38.4 Å². The van der Waals surface area contributed by atoms with Crippen molar-refractivity contribution in [2.24, 2.45) is 5.92 Å². The van der Waals surface area contributed by atoms with Crippen molar-refractivity contribution in [3.05, 3.63) is 54.1 Å². The van der Waals surface area contributed by atoms with E-state index >= 15 is 0 Å². The van der Waals surface area contributed by atoms with E-state index in [1.54, 1.807) is 17.0 Å². The Morgan fingerprint density at radius 2 is 1.59 bits per heavy atom. The quantitative estimate of drug-likeness (QED) is 0.743. The Morgan fingerprint density at radius 1 is 0.969 bits per heavy atom. The highest BCUT2D eigenvalue weighted by Crippen LogP contribution is 2.27. The van der Waals surface area contributed by atoms with Crippen molar-refractivity contribution in [1.82, 2.24) is 9.21 Å². The molecule has 1 N–H and O–H groups in total. The average molecular weight is 457 g/mol. The monoisotopic (exact) mass is 456 g/mol. The number of hydrogen-bond donors (Lipinski definition) is 1. The molecule has 2 aliphatic heterocycles. The molecule has 2 aromatic carbocycles. The second-order valence-electron chi connectivity index (χ2n) is 8.46. The van der Waals surface area contributed by atoms with Gasteiger partial charge in [-0.1, -0.05) is 17.7 Å². The van der Waals surface area contributed by atoms with Crippen molar-refractivity contribution in [3.8, 4) is 0 Å². The van der Waals surface area contributed by atoms with E-state index in [2.05, 4.69) is 10.2 Å². The first-order valence-corrected chi connectivity index (χ1v) is 12.1. The number of carbonyl (C=O) groups is 2. The molecule has 9 heteroatoms. The summed E-state index contributed by atoms with van der Waals surface area (Å²) < 4.78 is 27.2. The Balaban J connectivity index is 1.39. The van der Waals surface area contributed by atoms with Crippen LogP contribution in [0.1, 0.15) is 12.0 Å². The van der Waals surface area contributed by atoms with Crippen LogP contribution in [0.3, 0.4) is 0 Å². The Hall–Kier alpha value is -2.75. The van der Waals surface area contributed by atoms with E-state index in [-0.39, 0.29) is 23.1 Å². The van der Waals surface area contributed by atoms with Crippen LogP contribution in [0.25, 0.3) is 0 Å². The molecule has 4 rings (SSSR count). The van der Waals surface area contributed by atoms with Crippen LogP contribution in [0.5, 0.6) is 0 Å². The predicted molar refractivity (Wildman–Crippen MR) is 123 cm³/mol. The summed E-state index contributed by atoms with van der Waals surface area (Å²) in [6.45, 7) is 4.63. The molecule has 170 valence electrons. The number of carbonyl (C=O) groups excluding carboxylic acids is 2. The van der Waals surface area contributed by atoms with Crippen LogP contribution in [0.15, 0.2) is 53.4 Å². The summed E-state index contributed by atoms with van der Waals surface area (Å²) in [6, 6.07) is 13.9. The van der Waals surface area contributed by atoms with Crippen LogP contribution in [0.4, 0.5) is 11.4 Å². The first kappa shape index (κ1) is 22.4. The Morgan fingerprint density at radius 3 is 2.22 bits per heavy atom. The number of sulfonamides is 1. The van der Waals surface area contributed by atoms with Gasteiger partial charge < -0.3 is 15.1 Å². The molecular weight excluding hydrogens is 428 g/mol. The zero-order valence-corrected chi connectivity index (χ0v) is 19.1. The zero-order valence-electron chi connectivity index (χ0n) is 18.3. The van der Waals surface area contributed by atoms with Crippen molar-refractivity contribution >= 4 is 33.2 Å². The van der Waals surface area contributed by atoms with Gasteiger partial charge >= 0.3 is 0 Å². The Kier molecular flexibility index (Phi) is 6.32. The number of nitrogens with one attached hydrogen (secondary N) is 1. The molecule has 0 aromatic heterocycles. The van der Waals surface area contributed by atoms with E-state index < -0.39 is 15.9 Å². The number of hydrogen-bond acceptors (Lipinski definition) is 5. The smallest absolute Gasteiger partial charge is 0.243 e. The lowest BCUT2D eigenvalue weighted by atomic mass is 10.1. The first-order chi connectivity index (χ1) is 15.2. The van der Waals surface area contributed by atoms with Crippen molar-refractivity contribution < 1.29 is 18.0 Å². The number of likely N-dealkylation sites (N-methyl/N-ethyl adjacent to an activating group) is 1. The maximum absolute atomic E-state index is 12.8. The van der Waals surface area contributed by atoms with Crippen molar-refractivity contribution in [3.63, 3.8) is 0 Å². The molecule has 1 atom stereocenters. The van der Waals surface area contributed by atoms with Crippen molar-refractivity contribution in [2.45, 2.75) is 18.2 Å². The molecule has 2 amide bonds. The van der Waals surface area contributed by atoms with Crippen LogP contribution in [0.2, 0.25) is 0 Å². The summed E-state index contributed by atoms with van der Waals surface area (Å²) in [5.74, 6) is -0.789. The molecule has 32 heavy (non-hydrogen) atoms. The third kappa shape index (κ3) is 4.69. The van der Waals surface area contributed by atoms with Gasteiger partial charge in [0.25, 0.3) is 0 Å². The fraction of sp³-hybridized carbons (Fsp3) is 0.391. The van der Waals surface area contributed by atoms with Gasteiger partial charge in [-0.3, -0.25) is 9.59 Å². The van der Waals surface area contributed by atoms with E-state index in [0.717, 1.165) is 11.3 Å². The first-order valence-electron chi connectivity index (χ1n) is 10.7. The molecule has 0 saturated carbocycles. The molecule has 8 nitrogen and oxygen atoms in total. The molecule has 2 aliphatic rings. The molecular formula is C23H28N4O4S. The van der Waals surface area contributed by atoms with E-state index in [1.165, 1.54) is 16.4 Å². The molecule has 0 radical (unpaired) electrons. The number of amides is 2. The summed E-state index contributed by atoms with van der Waals surface area (Å²) in [4.78, 5) is 29.1. The standard InChI is InChI=1S/C23H28N4O4S/c1-17-3-7-20(8-4-17)27-16-18(15-22(27)28)23(29)24-19-5-9-21(10-6-19)32(30,31)26-13-11-25(2)12-14-26/h3-10,18H,11-16H2,1-2H3,(H,24,29). The second-order valence-corrected chi connectivity index (χ2v) is 10.4. The van der Waals surface area contributed by atoms with Gasteiger partial charge in [-0.25, -0.2) is 8.42 Å². The fourth-order valence-corrected chi connectivity index (χ4v) is 5.41. The lowest BCUT2D eigenvalue weighted by Crippen LogP contribution is -2.46. The van der Waals surface area contributed by atoms with Crippen LogP contribution in [-0.4, -0.2) is 69.2 Å². The molecule has 2 aromatic rings. The summed E-state index contributed by atoms with van der Waals surface area (Å²) in [6.07, 6.45) is 0.148. The molecule has 1 unspecified atom stereocenters. The van der Waals surface area contributed by atoms with E-state index in [4.69, 9.17) is 0 Å². The van der Waals surface area contributed by atoms with Crippen LogP contribution in [-0.2, 0) is 19.6 Å². The van der Waals surface area contributed by atoms with Gasteiger partial charge in [0.05, 0.1) is 10.8 Å². The number of anilines is 2. The third-order valence-electron chi connectivity index (χ3n) is 6.06.